The minimum absolute atomic E-state index is 0.00810. The molecule has 0 aliphatic carbocycles. The van der Waals surface area contributed by atoms with Crippen molar-refractivity contribution in [3.05, 3.63) is 70.3 Å². The molecule has 0 aliphatic rings. The largest absolute Gasteiger partial charge is 0.399 e. The molecular weight excluding hydrogens is 250 g/mol. The molecule has 102 valence electrons. The van der Waals surface area contributed by atoms with Gasteiger partial charge < -0.3 is 4.84 Å². The summed E-state index contributed by atoms with van der Waals surface area (Å²) >= 11 is 0. The van der Waals surface area contributed by atoms with E-state index in [-0.39, 0.29) is 5.78 Å². The molecule has 3 nitrogen and oxygen atoms in total. The minimum atomic E-state index is -0.00810. The quantitative estimate of drug-likeness (QED) is 0.483. The van der Waals surface area contributed by atoms with E-state index >= 15 is 0 Å². The summed E-state index contributed by atoms with van der Waals surface area (Å²) in [6, 6.07) is 13.0. The van der Waals surface area contributed by atoms with Crippen LogP contribution in [0.4, 0.5) is 0 Å². The van der Waals surface area contributed by atoms with Crippen molar-refractivity contribution < 1.29 is 9.63 Å². The van der Waals surface area contributed by atoms with Crippen LogP contribution in [0.2, 0.25) is 0 Å². The molecule has 0 fully saturated rings. The van der Waals surface area contributed by atoms with Gasteiger partial charge in [-0.1, -0.05) is 47.6 Å². The zero-order valence-electron chi connectivity index (χ0n) is 11.9. The normalized spacial score (nSPS) is 10.8. The van der Waals surface area contributed by atoms with Crippen molar-refractivity contribution in [3.63, 3.8) is 0 Å². The Labute approximate surface area is 118 Å². The third-order valence-corrected chi connectivity index (χ3v) is 3.35. The van der Waals surface area contributed by atoms with Gasteiger partial charge in [-0.3, -0.25) is 4.79 Å². The lowest BCUT2D eigenvalue weighted by Crippen LogP contribution is -2.07. The molecule has 0 aliphatic heterocycles. The first-order chi connectivity index (χ1) is 9.65. The van der Waals surface area contributed by atoms with Crippen molar-refractivity contribution in [1.29, 1.82) is 0 Å². The van der Waals surface area contributed by atoms with Crippen molar-refractivity contribution >= 4 is 12.0 Å². The Morgan fingerprint density at radius 3 is 2.45 bits per heavy atom. The zero-order valence-corrected chi connectivity index (χ0v) is 11.9. The van der Waals surface area contributed by atoms with E-state index in [1.165, 1.54) is 7.11 Å². The summed E-state index contributed by atoms with van der Waals surface area (Å²) in [5, 5.41) is 3.80. The molecule has 0 amide bonds. The first kappa shape index (κ1) is 14.0. The predicted molar refractivity (Wildman–Crippen MR) is 80.4 cm³/mol. The molecule has 0 N–H and O–H groups in total. The molecule has 20 heavy (non-hydrogen) atoms. The number of benzene rings is 2. The van der Waals surface area contributed by atoms with Gasteiger partial charge in [-0.25, -0.2) is 0 Å². The number of hydrogen-bond donors (Lipinski definition) is 0. The number of oxime groups is 1. The number of nitrogens with zero attached hydrogens (tertiary/aromatic N) is 1. The van der Waals surface area contributed by atoms with Crippen molar-refractivity contribution in [2.75, 3.05) is 7.11 Å². The first-order valence-corrected chi connectivity index (χ1v) is 6.41. The molecule has 0 atom stereocenters. The lowest BCUT2D eigenvalue weighted by Gasteiger charge is -2.10. The molecule has 0 saturated heterocycles. The highest BCUT2D eigenvalue weighted by molar-refractivity contribution is 6.13. The van der Waals surface area contributed by atoms with Gasteiger partial charge in [0, 0.05) is 16.7 Å². The summed E-state index contributed by atoms with van der Waals surface area (Å²) in [6.45, 7) is 3.99. The Morgan fingerprint density at radius 2 is 1.80 bits per heavy atom. The van der Waals surface area contributed by atoms with Crippen LogP contribution in [0.25, 0.3) is 0 Å². The molecule has 0 saturated carbocycles. The molecular formula is C17H17NO2. The van der Waals surface area contributed by atoms with Gasteiger partial charge in [0.05, 0.1) is 6.21 Å². The second-order valence-electron chi connectivity index (χ2n) is 4.58. The fourth-order valence-electron chi connectivity index (χ4n) is 2.05. The highest BCUT2D eigenvalue weighted by Gasteiger charge is 2.15. The van der Waals surface area contributed by atoms with Gasteiger partial charge in [-0.2, -0.15) is 0 Å². The van der Waals surface area contributed by atoms with E-state index in [0.717, 1.165) is 16.7 Å². The fourth-order valence-corrected chi connectivity index (χ4v) is 2.05. The number of carbonyl (C=O) groups excluding carboxylic acids is 1. The van der Waals surface area contributed by atoms with E-state index in [4.69, 9.17) is 4.84 Å². The second-order valence-corrected chi connectivity index (χ2v) is 4.58. The van der Waals surface area contributed by atoms with Gasteiger partial charge in [0.25, 0.3) is 0 Å². The van der Waals surface area contributed by atoms with Crippen LogP contribution in [0.5, 0.6) is 0 Å². The number of hydrogen-bond acceptors (Lipinski definition) is 3. The maximum absolute atomic E-state index is 12.6. The maximum atomic E-state index is 12.6. The van der Waals surface area contributed by atoms with Crippen molar-refractivity contribution in [2.45, 2.75) is 13.8 Å². The number of ketones is 1. The van der Waals surface area contributed by atoms with Gasteiger partial charge in [0.1, 0.15) is 7.11 Å². The number of rotatable bonds is 4. The number of aryl methyl sites for hydroxylation is 1. The minimum Gasteiger partial charge on any atom is -0.399 e. The van der Waals surface area contributed by atoms with Gasteiger partial charge in [-0.15, -0.1) is 0 Å². The molecule has 0 aromatic heterocycles. The van der Waals surface area contributed by atoms with Crippen LogP contribution in [-0.4, -0.2) is 19.1 Å². The molecule has 3 heteroatoms. The van der Waals surface area contributed by atoms with Crippen LogP contribution >= 0.6 is 0 Å². The maximum Gasteiger partial charge on any atom is 0.193 e. The monoisotopic (exact) mass is 267 g/mol. The Balaban J connectivity index is 2.54. The Kier molecular flexibility index (Phi) is 4.31. The molecule has 0 heterocycles. The van der Waals surface area contributed by atoms with E-state index in [1.54, 1.807) is 6.21 Å². The first-order valence-electron chi connectivity index (χ1n) is 6.41. The van der Waals surface area contributed by atoms with Crippen molar-refractivity contribution in [3.8, 4) is 0 Å². The second kappa shape index (κ2) is 6.15. The van der Waals surface area contributed by atoms with Gasteiger partial charge in [0.15, 0.2) is 5.78 Å². The van der Waals surface area contributed by atoms with Crippen molar-refractivity contribution in [2.24, 2.45) is 5.16 Å². The highest BCUT2D eigenvalue weighted by Crippen LogP contribution is 2.20. The molecule has 2 aromatic carbocycles. The molecule has 2 aromatic rings. The Bertz CT molecular complexity index is 646. The average molecular weight is 267 g/mol. The lowest BCUT2D eigenvalue weighted by atomic mass is 9.93. The lowest BCUT2D eigenvalue weighted by molar-refractivity contribution is 0.103. The zero-order chi connectivity index (χ0) is 14.5. The van der Waals surface area contributed by atoms with Crippen LogP contribution in [0.1, 0.15) is 32.6 Å². The van der Waals surface area contributed by atoms with E-state index in [9.17, 15) is 4.79 Å². The summed E-state index contributed by atoms with van der Waals surface area (Å²) in [6.07, 6.45) is 1.60. The summed E-state index contributed by atoms with van der Waals surface area (Å²) in [5.74, 6) is -0.00810. The van der Waals surface area contributed by atoms with E-state index < -0.39 is 0 Å². The van der Waals surface area contributed by atoms with Crippen molar-refractivity contribution in [1.82, 2.24) is 0 Å². The van der Waals surface area contributed by atoms with E-state index in [2.05, 4.69) is 5.16 Å². The Morgan fingerprint density at radius 1 is 1.10 bits per heavy atom. The fraction of sp³-hybridized carbons (Fsp3) is 0.176. The molecule has 0 bridgehead atoms. The molecule has 0 unspecified atom stereocenters. The third kappa shape index (κ3) is 2.77. The standard InChI is InChI=1S/C17H17NO2/c1-12-9-10-15(16(13(12)2)11-18-20-3)17(19)14-7-5-4-6-8-14/h4-11H,1-3H3/b18-11+. The highest BCUT2D eigenvalue weighted by atomic mass is 16.6. The van der Waals surface area contributed by atoms with Gasteiger partial charge in [0.2, 0.25) is 0 Å². The van der Waals surface area contributed by atoms with Crippen LogP contribution in [0.3, 0.4) is 0 Å². The van der Waals surface area contributed by atoms with Gasteiger partial charge >= 0.3 is 0 Å². The van der Waals surface area contributed by atoms with Crippen LogP contribution < -0.4 is 0 Å². The predicted octanol–water partition coefficient (Wildman–Crippen LogP) is 3.51. The van der Waals surface area contributed by atoms with Gasteiger partial charge in [-0.05, 0) is 25.0 Å². The average Bonchev–Trinajstić information content (AvgIpc) is 2.49. The topological polar surface area (TPSA) is 38.7 Å². The Hall–Kier alpha value is -2.42. The van der Waals surface area contributed by atoms with E-state index in [1.807, 2.05) is 56.3 Å². The van der Waals surface area contributed by atoms with Crippen LogP contribution in [-0.2, 0) is 4.84 Å². The summed E-state index contributed by atoms with van der Waals surface area (Å²) in [7, 11) is 1.49. The molecule has 0 spiro atoms. The molecule has 0 radical (unpaired) electrons. The molecule has 2 rings (SSSR count). The number of carbonyl (C=O) groups is 1. The van der Waals surface area contributed by atoms with Crippen LogP contribution in [0, 0.1) is 13.8 Å². The smallest absolute Gasteiger partial charge is 0.193 e. The SMILES string of the molecule is CO/N=C/c1c(C(=O)c2ccccc2)ccc(C)c1C. The van der Waals surface area contributed by atoms with Crippen LogP contribution in [0.15, 0.2) is 47.6 Å². The summed E-state index contributed by atoms with van der Waals surface area (Å²) < 4.78 is 0. The summed E-state index contributed by atoms with van der Waals surface area (Å²) in [4.78, 5) is 17.3. The van der Waals surface area contributed by atoms with E-state index in [0.29, 0.717) is 11.1 Å². The third-order valence-electron chi connectivity index (χ3n) is 3.35. The summed E-state index contributed by atoms with van der Waals surface area (Å²) in [5.41, 5.74) is 4.27.